The highest BCUT2D eigenvalue weighted by molar-refractivity contribution is 6.00. The van der Waals surface area contributed by atoms with Gasteiger partial charge in [0.15, 0.2) is 0 Å². The maximum absolute atomic E-state index is 11.3. The zero-order chi connectivity index (χ0) is 13.2. The molecule has 2 heterocycles. The molecule has 19 heavy (non-hydrogen) atoms. The van der Waals surface area contributed by atoms with Crippen LogP contribution in [0.4, 0.5) is 17.1 Å². The fraction of sp³-hybridized carbons (Fsp3) is 0.250. The van der Waals surface area contributed by atoms with Gasteiger partial charge in [-0.15, -0.1) is 5.10 Å². The minimum atomic E-state index is 0.00849. The third-order valence-electron chi connectivity index (χ3n) is 3.03. The maximum atomic E-state index is 11.3. The van der Waals surface area contributed by atoms with Crippen molar-refractivity contribution in [2.75, 3.05) is 22.9 Å². The van der Waals surface area contributed by atoms with E-state index < -0.39 is 0 Å². The standard InChI is InChI=1S/C12H14N6O/c13-9-5-8-6-12(19)16-10(8)7-11(9)14-1-3-18-4-2-15-17-18/h2,4-5,7,14H,1,3,6,13H2,(H,16,19). The zero-order valence-corrected chi connectivity index (χ0v) is 10.3. The second-order valence-electron chi connectivity index (χ2n) is 4.41. The number of nitrogens with two attached hydrogens (primary N) is 1. The molecule has 1 aliphatic heterocycles. The molecule has 7 nitrogen and oxygen atoms in total. The van der Waals surface area contributed by atoms with Crippen LogP contribution in [0.2, 0.25) is 0 Å². The number of nitrogens with one attached hydrogen (secondary N) is 2. The summed E-state index contributed by atoms with van der Waals surface area (Å²) in [7, 11) is 0. The van der Waals surface area contributed by atoms with Crippen LogP contribution in [-0.2, 0) is 17.8 Å². The van der Waals surface area contributed by atoms with Gasteiger partial charge in [0.25, 0.3) is 0 Å². The molecule has 0 atom stereocenters. The molecule has 0 bridgehead atoms. The first-order valence-electron chi connectivity index (χ1n) is 6.02. The lowest BCUT2D eigenvalue weighted by Crippen LogP contribution is -2.12. The smallest absolute Gasteiger partial charge is 0.228 e. The lowest BCUT2D eigenvalue weighted by Gasteiger charge is -2.11. The molecule has 3 rings (SSSR count). The number of nitrogen functional groups attached to an aromatic ring is 1. The molecule has 4 N–H and O–H groups in total. The SMILES string of the molecule is Nc1cc2c(cc1NCCn1ccnn1)NC(=O)C2. The Balaban J connectivity index is 1.68. The minimum absolute atomic E-state index is 0.00849. The molecule has 0 spiro atoms. The number of carbonyl (C=O) groups is 1. The molecule has 1 aromatic heterocycles. The van der Waals surface area contributed by atoms with Gasteiger partial charge in [0.1, 0.15) is 0 Å². The molecule has 0 unspecified atom stereocenters. The van der Waals surface area contributed by atoms with E-state index in [0.717, 1.165) is 16.9 Å². The molecule has 2 aromatic rings. The number of carbonyl (C=O) groups excluding carboxylic acids is 1. The first-order chi connectivity index (χ1) is 9.22. The van der Waals surface area contributed by atoms with Crippen molar-refractivity contribution < 1.29 is 4.79 Å². The van der Waals surface area contributed by atoms with Crippen LogP contribution in [0.5, 0.6) is 0 Å². The average molecular weight is 258 g/mol. The van der Waals surface area contributed by atoms with Crippen molar-refractivity contribution in [3.63, 3.8) is 0 Å². The lowest BCUT2D eigenvalue weighted by molar-refractivity contribution is -0.115. The molecular formula is C12H14N6O. The normalized spacial score (nSPS) is 13.2. The van der Waals surface area contributed by atoms with Crippen LogP contribution in [0.3, 0.4) is 0 Å². The molecule has 1 aliphatic rings. The molecule has 1 aromatic carbocycles. The van der Waals surface area contributed by atoms with Crippen molar-refractivity contribution in [2.45, 2.75) is 13.0 Å². The third-order valence-corrected chi connectivity index (χ3v) is 3.03. The summed E-state index contributed by atoms with van der Waals surface area (Å²) in [5, 5.41) is 13.6. The summed E-state index contributed by atoms with van der Waals surface area (Å²) in [6, 6.07) is 3.71. The predicted octanol–water partition coefficient (Wildman–Crippen LogP) is 0.467. The number of amides is 1. The van der Waals surface area contributed by atoms with Crippen LogP contribution < -0.4 is 16.4 Å². The second-order valence-corrected chi connectivity index (χ2v) is 4.41. The maximum Gasteiger partial charge on any atom is 0.228 e. The number of benzene rings is 1. The minimum Gasteiger partial charge on any atom is -0.397 e. The first-order valence-corrected chi connectivity index (χ1v) is 6.02. The summed E-state index contributed by atoms with van der Waals surface area (Å²) in [6.45, 7) is 1.38. The second kappa shape index (κ2) is 4.60. The van der Waals surface area contributed by atoms with Gasteiger partial charge in [0, 0.05) is 18.4 Å². The van der Waals surface area contributed by atoms with Crippen molar-refractivity contribution in [2.24, 2.45) is 0 Å². The molecule has 0 saturated carbocycles. The highest BCUT2D eigenvalue weighted by atomic mass is 16.1. The number of anilines is 3. The lowest BCUT2D eigenvalue weighted by atomic mass is 10.1. The summed E-state index contributed by atoms with van der Waals surface area (Å²) in [6.07, 6.45) is 3.84. The quantitative estimate of drug-likeness (QED) is 0.692. The van der Waals surface area contributed by atoms with Crippen molar-refractivity contribution in [3.05, 3.63) is 30.1 Å². The van der Waals surface area contributed by atoms with E-state index in [9.17, 15) is 4.79 Å². The van der Waals surface area contributed by atoms with E-state index >= 15 is 0 Å². The van der Waals surface area contributed by atoms with E-state index in [1.54, 1.807) is 17.1 Å². The fourth-order valence-electron chi connectivity index (χ4n) is 2.10. The molecule has 0 radical (unpaired) electrons. The number of aromatic nitrogens is 3. The van der Waals surface area contributed by atoms with Crippen molar-refractivity contribution >= 4 is 23.0 Å². The molecule has 0 saturated heterocycles. The van der Waals surface area contributed by atoms with Gasteiger partial charge in [0.2, 0.25) is 5.91 Å². The number of hydrogen-bond donors (Lipinski definition) is 3. The number of fused-ring (bicyclic) bond motifs is 1. The Bertz CT molecular complexity index is 607. The van der Waals surface area contributed by atoms with Crippen LogP contribution >= 0.6 is 0 Å². The summed E-state index contributed by atoms with van der Waals surface area (Å²) in [5.41, 5.74) is 9.21. The number of nitrogens with zero attached hydrogens (tertiary/aromatic N) is 3. The predicted molar refractivity (Wildman–Crippen MR) is 71.7 cm³/mol. The van der Waals surface area contributed by atoms with E-state index in [1.807, 2.05) is 12.1 Å². The Morgan fingerprint density at radius 3 is 3.16 bits per heavy atom. The van der Waals surface area contributed by atoms with Gasteiger partial charge in [-0.05, 0) is 17.7 Å². The van der Waals surface area contributed by atoms with Crippen molar-refractivity contribution in [1.82, 2.24) is 15.0 Å². The van der Waals surface area contributed by atoms with Crippen LogP contribution in [0.1, 0.15) is 5.56 Å². The summed E-state index contributed by atoms with van der Waals surface area (Å²) in [5.74, 6) is 0.00849. The van der Waals surface area contributed by atoms with Crippen LogP contribution in [0.15, 0.2) is 24.5 Å². The van der Waals surface area contributed by atoms with Gasteiger partial charge >= 0.3 is 0 Å². The van der Waals surface area contributed by atoms with Crippen LogP contribution in [-0.4, -0.2) is 27.4 Å². The summed E-state index contributed by atoms with van der Waals surface area (Å²) < 4.78 is 1.73. The Morgan fingerprint density at radius 1 is 1.47 bits per heavy atom. The summed E-state index contributed by atoms with van der Waals surface area (Å²) >= 11 is 0. The monoisotopic (exact) mass is 258 g/mol. The molecule has 98 valence electrons. The van der Waals surface area contributed by atoms with Gasteiger partial charge < -0.3 is 16.4 Å². The molecule has 0 fully saturated rings. The third kappa shape index (κ3) is 2.35. The first kappa shape index (κ1) is 11.5. The number of rotatable bonds is 4. The highest BCUT2D eigenvalue weighted by Gasteiger charge is 2.19. The van der Waals surface area contributed by atoms with Gasteiger partial charge in [-0.2, -0.15) is 0 Å². The largest absolute Gasteiger partial charge is 0.397 e. The summed E-state index contributed by atoms with van der Waals surface area (Å²) in [4.78, 5) is 11.3. The molecule has 1 amide bonds. The van der Waals surface area contributed by atoms with Crippen LogP contribution in [0, 0.1) is 0 Å². The molecule has 0 aliphatic carbocycles. The van der Waals surface area contributed by atoms with Gasteiger partial charge in [-0.1, -0.05) is 5.21 Å². The van der Waals surface area contributed by atoms with E-state index in [0.29, 0.717) is 25.2 Å². The fourth-order valence-corrected chi connectivity index (χ4v) is 2.10. The Morgan fingerprint density at radius 2 is 2.37 bits per heavy atom. The van der Waals surface area contributed by atoms with E-state index in [2.05, 4.69) is 20.9 Å². The van der Waals surface area contributed by atoms with Gasteiger partial charge in [0.05, 0.1) is 30.5 Å². The zero-order valence-electron chi connectivity index (χ0n) is 10.3. The molecule has 7 heteroatoms. The Labute approximate surface area is 109 Å². The average Bonchev–Trinajstić information content (AvgIpc) is 2.98. The Kier molecular flexibility index (Phi) is 2.79. The van der Waals surface area contributed by atoms with Crippen molar-refractivity contribution in [1.29, 1.82) is 0 Å². The van der Waals surface area contributed by atoms with E-state index in [-0.39, 0.29) is 5.91 Å². The molecular weight excluding hydrogens is 244 g/mol. The Hall–Kier alpha value is -2.57. The van der Waals surface area contributed by atoms with Gasteiger partial charge in [-0.25, -0.2) is 0 Å². The van der Waals surface area contributed by atoms with E-state index in [1.165, 1.54) is 0 Å². The van der Waals surface area contributed by atoms with Crippen molar-refractivity contribution in [3.8, 4) is 0 Å². The van der Waals surface area contributed by atoms with Gasteiger partial charge in [-0.3, -0.25) is 9.48 Å². The number of hydrogen-bond acceptors (Lipinski definition) is 5. The van der Waals surface area contributed by atoms with Crippen LogP contribution in [0.25, 0.3) is 0 Å². The topological polar surface area (TPSA) is 97.9 Å². The highest BCUT2D eigenvalue weighted by Crippen LogP contribution is 2.31. The van der Waals surface area contributed by atoms with E-state index in [4.69, 9.17) is 5.73 Å².